The van der Waals surface area contributed by atoms with Gasteiger partial charge in [0.25, 0.3) is 5.91 Å². The number of carboxylic acids is 1. The molecule has 10 nitrogen and oxygen atoms in total. The van der Waals surface area contributed by atoms with Crippen LogP contribution in [0.5, 0.6) is 0 Å². The van der Waals surface area contributed by atoms with E-state index in [0.717, 1.165) is 16.0 Å². The molecule has 11 heteroatoms. The minimum atomic E-state index is -1.23. The first kappa shape index (κ1) is 20.1. The molecule has 4 N–H and O–H groups in total. The molecule has 0 spiro atoms. The highest BCUT2D eigenvalue weighted by atomic mass is 32.1. The van der Waals surface area contributed by atoms with Crippen LogP contribution in [0.3, 0.4) is 0 Å². The van der Waals surface area contributed by atoms with Crippen LogP contribution in [0.15, 0.2) is 12.3 Å². The molecule has 0 fully saturated rings. The van der Waals surface area contributed by atoms with Gasteiger partial charge in [-0.3, -0.25) is 9.59 Å². The fourth-order valence-electron chi connectivity index (χ4n) is 2.29. The highest BCUT2D eigenvalue weighted by Gasteiger charge is 2.26. The number of ether oxygens (including phenoxy) is 1. The van der Waals surface area contributed by atoms with Crippen LogP contribution in [0.2, 0.25) is 0 Å². The molecule has 0 radical (unpaired) electrons. The van der Waals surface area contributed by atoms with Gasteiger partial charge in [-0.05, 0) is 25.0 Å². The average Bonchev–Trinajstić information content (AvgIpc) is 3.17. The van der Waals surface area contributed by atoms with Crippen LogP contribution in [-0.4, -0.2) is 45.2 Å². The second kappa shape index (κ2) is 8.45. The van der Waals surface area contributed by atoms with Crippen molar-refractivity contribution in [2.24, 2.45) is 5.73 Å². The van der Waals surface area contributed by atoms with Crippen LogP contribution >= 0.6 is 11.3 Å². The summed E-state index contributed by atoms with van der Waals surface area (Å²) in [4.78, 5) is 47.4. The van der Waals surface area contributed by atoms with E-state index in [1.165, 1.54) is 19.2 Å². The van der Waals surface area contributed by atoms with Gasteiger partial charge >= 0.3 is 11.9 Å². The van der Waals surface area contributed by atoms with E-state index in [1.54, 1.807) is 0 Å². The third-order valence-corrected chi connectivity index (χ3v) is 4.72. The van der Waals surface area contributed by atoms with Gasteiger partial charge in [-0.15, -0.1) is 11.3 Å². The lowest BCUT2D eigenvalue weighted by atomic mass is 10.1. The number of thiophene rings is 1. The van der Waals surface area contributed by atoms with E-state index in [2.05, 4.69) is 10.4 Å². The maximum absolute atomic E-state index is 12.3. The zero-order valence-corrected chi connectivity index (χ0v) is 15.5. The van der Waals surface area contributed by atoms with Crippen molar-refractivity contribution < 1.29 is 29.0 Å². The van der Waals surface area contributed by atoms with Crippen LogP contribution in [0, 0.1) is 6.92 Å². The van der Waals surface area contributed by atoms with Crippen LogP contribution in [-0.2, 0) is 16.1 Å². The molecule has 2 amide bonds. The number of aromatic nitrogens is 2. The van der Waals surface area contributed by atoms with Crippen LogP contribution < -0.4 is 11.1 Å². The van der Waals surface area contributed by atoms with E-state index < -0.39 is 23.8 Å². The Hall–Kier alpha value is -3.21. The SMILES string of the molecule is CCCOC(=O)c1c(NC(=O)Cn2nccc2C(=O)O)sc(C(N)=O)c1C. The monoisotopic (exact) mass is 394 g/mol. The number of hydrogen-bond donors (Lipinski definition) is 3. The average molecular weight is 394 g/mol. The summed E-state index contributed by atoms with van der Waals surface area (Å²) in [6.45, 7) is 3.16. The van der Waals surface area contributed by atoms with Gasteiger partial charge in [0, 0.05) is 6.20 Å². The molecule has 0 atom stereocenters. The standard InChI is InChI=1S/C16H18N4O6S/c1-3-6-26-16(25)11-8(2)12(13(17)22)27-14(11)19-10(21)7-20-9(15(23)24)4-5-18-20/h4-5H,3,6-7H2,1-2H3,(H2,17,22)(H,19,21)(H,23,24). The highest BCUT2D eigenvalue weighted by molar-refractivity contribution is 7.18. The summed E-state index contributed by atoms with van der Waals surface area (Å²) in [6, 6.07) is 1.25. The predicted molar refractivity (Wildman–Crippen MR) is 96.0 cm³/mol. The van der Waals surface area contributed by atoms with Crippen molar-refractivity contribution in [3.05, 3.63) is 34.0 Å². The number of hydrogen-bond acceptors (Lipinski definition) is 7. The molecule has 2 aromatic heterocycles. The highest BCUT2D eigenvalue weighted by Crippen LogP contribution is 2.33. The van der Waals surface area contributed by atoms with Crippen molar-refractivity contribution >= 4 is 40.1 Å². The van der Waals surface area contributed by atoms with Crippen LogP contribution in [0.4, 0.5) is 5.00 Å². The van der Waals surface area contributed by atoms with Crippen molar-refractivity contribution in [2.75, 3.05) is 11.9 Å². The van der Waals surface area contributed by atoms with Crippen LogP contribution in [0.1, 0.15) is 49.4 Å². The summed E-state index contributed by atoms with van der Waals surface area (Å²) in [5, 5.41) is 15.4. The Kier molecular flexibility index (Phi) is 6.29. The van der Waals surface area contributed by atoms with Gasteiger partial charge in [0.15, 0.2) is 0 Å². The van der Waals surface area contributed by atoms with Gasteiger partial charge in [-0.25, -0.2) is 14.3 Å². The Morgan fingerprint density at radius 1 is 1.37 bits per heavy atom. The van der Waals surface area contributed by atoms with Gasteiger partial charge in [-0.1, -0.05) is 6.92 Å². The molecule has 2 rings (SSSR count). The number of nitrogens with zero attached hydrogens (tertiary/aromatic N) is 2. The van der Waals surface area contributed by atoms with Crippen molar-refractivity contribution in [1.29, 1.82) is 0 Å². The van der Waals surface area contributed by atoms with Gasteiger partial charge in [-0.2, -0.15) is 5.10 Å². The van der Waals surface area contributed by atoms with Crippen molar-refractivity contribution in [3.63, 3.8) is 0 Å². The number of aromatic carboxylic acids is 1. The number of esters is 1. The maximum atomic E-state index is 12.3. The van der Waals surface area contributed by atoms with Crippen molar-refractivity contribution in [1.82, 2.24) is 9.78 Å². The smallest absolute Gasteiger partial charge is 0.354 e. The fraction of sp³-hybridized carbons (Fsp3) is 0.312. The summed E-state index contributed by atoms with van der Waals surface area (Å²) >= 11 is 0.854. The summed E-state index contributed by atoms with van der Waals surface area (Å²) in [5.74, 6) is -3.27. The number of carbonyl (C=O) groups excluding carboxylic acids is 3. The predicted octanol–water partition coefficient (Wildman–Crippen LogP) is 1.26. The van der Waals surface area contributed by atoms with E-state index in [0.29, 0.717) is 12.0 Å². The summed E-state index contributed by atoms with van der Waals surface area (Å²) in [7, 11) is 0. The third kappa shape index (κ3) is 4.50. The number of nitrogens with one attached hydrogen (secondary N) is 1. The molecule has 0 unspecified atom stereocenters. The Labute approximate surface area is 157 Å². The number of carbonyl (C=O) groups is 4. The van der Waals surface area contributed by atoms with Gasteiger partial charge < -0.3 is 20.9 Å². The molecule has 0 aliphatic rings. The largest absolute Gasteiger partial charge is 0.477 e. The molecule has 0 saturated heterocycles. The van der Waals surface area contributed by atoms with E-state index in [-0.39, 0.29) is 34.3 Å². The lowest BCUT2D eigenvalue weighted by Crippen LogP contribution is -2.23. The molecule has 0 aromatic carbocycles. The zero-order valence-electron chi connectivity index (χ0n) is 14.6. The minimum absolute atomic E-state index is 0.0505. The molecule has 144 valence electrons. The van der Waals surface area contributed by atoms with Crippen LogP contribution in [0.25, 0.3) is 0 Å². The number of amides is 2. The first-order chi connectivity index (χ1) is 12.8. The third-order valence-electron chi connectivity index (χ3n) is 3.49. The molecular weight excluding hydrogens is 376 g/mol. The number of nitrogens with two attached hydrogens (primary N) is 1. The first-order valence-corrected chi connectivity index (χ1v) is 8.73. The maximum Gasteiger partial charge on any atom is 0.354 e. The number of anilines is 1. The Morgan fingerprint density at radius 3 is 2.67 bits per heavy atom. The number of primary amides is 1. The van der Waals surface area contributed by atoms with E-state index >= 15 is 0 Å². The molecule has 2 aromatic rings. The summed E-state index contributed by atoms with van der Waals surface area (Å²) < 4.78 is 6.10. The lowest BCUT2D eigenvalue weighted by Gasteiger charge is -2.08. The number of rotatable bonds is 8. The number of carboxylic acid groups (broad SMARTS) is 1. The molecule has 2 heterocycles. The molecule has 0 bridgehead atoms. The van der Waals surface area contributed by atoms with Gasteiger partial charge in [0.05, 0.1) is 17.0 Å². The molecule has 0 aliphatic heterocycles. The summed E-state index contributed by atoms with van der Waals surface area (Å²) in [5.41, 5.74) is 5.52. The minimum Gasteiger partial charge on any atom is -0.477 e. The second-order valence-corrected chi connectivity index (χ2v) is 6.51. The lowest BCUT2D eigenvalue weighted by molar-refractivity contribution is -0.116. The summed E-state index contributed by atoms with van der Waals surface area (Å²) in [6.07, 6.45) is 1.86. The molecule has 0 aliphatic carbocycles. The normalized spacial score (nSPS) is 10.4. The quantitative estimate of drug-likeness (QED) is 0.569. The fourth-order valence-corrected chi connectivity index (χ4v) is 3.36. The van der Waals surface area contributed by atoms with Gasteiger partial charge in [0.2, 0.25) is 5.91 Å². The first-order valence-electron chi connectivity index (χ1n) is 7.91. The zero-order chi connectivity index (χ0) is 20.1. The topological polar surface area (TPSA) is 154 Å². The van der Waals surface area contributed by atoms with Crippen molar-refractivity contribution in [3.8, 4) is 0 Å². The Bertz CT molecular complexity index is 901. The van der Waals surface area contributed by atoms with Crippen molar-refractivity contribution in [2.45, 2.75) is 26.8 Å². The van der Waals surface area contributed by atoms with E-state index in [9.17, 15) is 19.2 Å². The van der Waals surface area contributed by atoms with E-state index in [4.69, 9.17) is 15.6 Å². The molecular formula is C16H18N4O6S. The Morgan fingerprint density at radius 2 is 2.07 bits per heavy atom. The van der Waals surface area contributed by atoms with E-state index in [1.807, 2.05) is 6.92 Å². The molecule has 27 heavy (non-hydrogen) atoms. The van der Waals surface area contributed by atoms with Gasteiger partial charge in [0.1, 0.15) is 17.2 Å². The second-order valence-electron chi connectivity index (χ2n) is 5.49. The Balaban J connectivity index is 2.28. The molecule has 0 saturated carbocycles.